The average Bonchev–Trinajstić information content (AvgIpc) is 2.75. The van der Waals surface area contributed by atoms with Crippen molar-refractivity contribution in [2.75, 3.05) is 25.5 Å². The highest BCUT2D eigenvalue weighted by Gasteiger charge is 2.21. The van der Waals surface area contributed by atoms with E-state index in [-0.39, 0.29) is 16.4 Å². The Hall–Kier alpha value is -2.71. The first-order chi connectivity index (χ1) is 14.2. The number of piperidine rings is 1. The molecule has 160 valence electrons. The number of nitrogens with one attached hydrogen (secondary N) is 2. The molecule has 0 spiro atoms. The molecule has 0 aromatic heterocycles. The highest BCUT2D eigenvalue weighted by Crippen LogP contribution is 2.22. The fourth-order valence-electron chi connectivity index (χ4n) is 3.56. The molecule has 1 saturated heterocycles. The first kappa shape index (κ1) is 22.0. The van der Waals surface area contributed by atoms with Crippen molar-refractivity contribution in [3.05, 3.63) is 58.7 Å². The van der Waals surface area contributed by atoms with E-state index in [1.54, 1.807) is 44.2 Å². The van der Waals surface area contributed by atoms with E-state index in [0.717, 1.165) is 32.4 Å². The molecule has 0 aliphatic carbocycles. The molecule has 8 heteroatoms. The topological polar surface area (TPSA) is 95.6 Å². The predicted molar refractivity (Wildman–Crippen MR) is 116 cm³/mol. The predicted octanol–water partition coefficient (Wildman–Crippen LogP) is 3.09. The second-order valence-electron chi connectivity index (χ2n) is 7.51. The fraction of sp³-hybridized carbons (Fsp3) is 0.364. The largest absolute Gasteiger partial charge is 0.339 e. The highest BCUT2D eigenvalue weighted by atomic mass is 32.2. The number of likely N-dealkylation sites (tertiary alicyclic amines) is 1. The molecule has 0 saturated carbocycles. The molecule has 0 radical (unpaired) electrons. The van der Waals surface area contributed by atoms with Gasteiger partial charge in [0.05, 0.1) is 4.90 Å². The normalized spacial score (nSPS) is 14.4. The van der Waals surface area contributed by atoms with Gasteiger partial charge in [-0.2, -0.15) is 0 Å². The van der Waals surface area contributed by atoms with Crippen LogP contribution in [0.3, 0.4) is 0 Å². The number of anilines is 1. The van der Waals surface area contributed by atoms with Gasteiger partial charge in [0.25, 0.3) is 11.8 Å². The first-order valence-corrected chi connectivity index (χ1v) is 11.5. The molecular weight excluding hydrogens is 402 g/mol. The summed E-state index contributed by atoms with van der Waals surface area (Å²) in [5.74, 6) is -0.479. The minimum atomic E-state index is -3.69. The number of amides is 2. The summed E-state index contributed by atoms with van der Waals surface area (Å²) in [7, 11) is -2.36. The van der Waals surface area contributed by atoms with Crippen LogP contribution in [0.5, 0.6) is 0 Å². The van der Waals surface area contributed by atoms with Crippen molar-refractivity contribution in [3.63, 3.8) is 0 Å². The van der Waals surface area contributed by atoms with Gasteiger partial charge in [0.15, 0.2) is 0 Å². The summed E-state index contributed by atoms with van der Waals surface area (Å²) in [4.78, 5) is 27.4. The molecule has 2 N–H and O–H groups in total. The van der Waals surface area contributed by atoms with Gasteiger partial charge in [-0.1, -0.05) is 6.07 Å². The molecule has 0 unspecified atom stereocenters. The molecule has 1 fully saturated rings. The first-order valence-electron chi connectivity index (χ1n) is 9.98. The highest BCUT2D eigenvalue weighted by molar-refractivity contribution is 7.89. The van der Waals surface area contributed by atoms with E-state index in [4.69, 9.17) is 0 Å². The van der Waals surface area contributed by atoms with Crippen LogP contribution in [0.2, 0.25) is 0 Å². The Bertz CT molecular complexity index is 1070. The monoisotopic (exact) mass is 429 g/mol. The van der Waals surface area contributed by atoms with Crippen molar-refractivity contribution in [3.8, 4) is 0 Å². The molecule has 1 aliphatic rings. The lowest BCUT2D eigenvalue weighted by atomic mass is 10.1. The molecule has 1 aliphatic heterocycles. The Morgan fingerprint density at radius 2 is 1.67 bits per heavy atom. The van der Waals surface area contributed by atoms with Crippen LogP contribution in [0.25, 0.3) is 0 Å². The van der Waals surface area contributed by atoms with Gasteiger partial charge in [-0.25, -0.2) is 13.1 Å². The lowest BCUT2D eigenvalue weighted by Crippen LogP contribution is -2.35. The number of hydrogen-bond acceptors (Lipinski definition) is 4. The van der Waals surface area contributed by atoms with Gasteiger partial charge in [0, 0.05) is 29.9 Å². The molecule has 2 aromatic rings. The maximum absolute atomic E-state index is 12.8. The molecule has 0 bridgehead atoms. The van der Waals surface area contributed by atoms with E-state index >= 15 is 0 Å². The fourth-order valence-corrected chi connectivity index (χ4v) is 4.63. The van der Waals surface area contributed by atoms with E-state index in [1.165, 1.54) is 13.1 Å². The summed E-state index contributed by atoms with van der Waals surface area (Å²) in [5, 5.41) is 2.77. The number of hydrogen-bond donors (Lipinski definition) is 2. The van der Waals surface area contributed by atoms with Gasteiger partial charge < -0.3 is 10.2 Å². The quantitative estimate of drug-likeness (QED) is 0.763. The average molecular weight is 430 g/mol. The van der Waals surface area contributed by atoms with E-state index in [9.17, 15) is 18.0 Å². The smallest absolute Gasteiger partial charge is 0.255 e. The SMILES string of the molecule is CNS(=O)(=O)c1cc(C(=O)Nc2cccc(C(=O)N3CCCCC3)c2)cc(C)c1C. The van der Waals surface area contributed by atoms with E-state index in [0.29, 0.717) is 22.4 Å². The molecule has 0 atom stereocenters. The third-order valence-electron chi connectivity index (χ3n) is 5.45. The van der Waals surface area contributed by atoms with Crippen LogP contribution in [0.4, 0.5) is 5.69 Å². The lowest BCUT2D eigenvalue weighted by Gasteiger charge is -2.26. The number of sulfonamides is 1. The summed E-state index contributed by atoms with van der Waals surface area (Å²) in [6.07, 6.45) is 3.15. The third kappa shape index (κ3) is 4.71. The van der Waals surface area contributed by atoms with Crippen molar-refractivity contribution >= 4 is 27.5 Å². The molecule has 30 heavy (non-hydrogen) atoms. The summed E-state index contributed by atoms with van der Waals surface area (Å²) in [6.45, 7) is 4.97. The van der Waals surface area contributed by atoms with E-state index < -0.39 is 15.9 Å². The summed E-state index contributed by atoms with van der Waals surface area (Å²) in [5.41, 5.74) is 2.53. The second kappa shape index (κ2) is 8.97. The molecule has 3 rings (SSSR count). The zero-order valence-corrected chi connectivity index (χ0v) is 18.3. The van der Waals surface area contributed by atoms with Gasteiger partial charge in [0.2, 0.25) is 10.0 Å². The van der Waals surface area contributed by atoms with Crippen LogP contribution < -0.4 is 10.0 Å². The van der Waals surface area contributed by atoms with Gasteiger partial charge in [-0.05, 0) is 81.6 Å². The minimum Gasteiger partial charge on any atom is -0.339 e. The Labute approximate surface area is 177 Å². The zero-order valence-electron chi connectivity index (χ0n) is 17.5. The summed E-state index contributed by atoms with van der Waals surface area (Å²) in [6, 6.07) is 9.84. The molecule has 2 amide bonds. The van der Waals surface area contributed by atoms with Crippen LogP contribution in [0.1, 0.15) is 51.1 Å². The summed E-state index contributed by atoms with van der Waals surface area (Å²) >= 11 is 0. The number of nitrogens with zero attached hydrogens (tertiary/aromatic N) is 1. The number of carbonyl (C=O) groups excluding carboxylic acids is 2. The number of benzene rings is 2. The van der Waals surface area contributed by atoms with Crippen molar-refractivity contribution in [1.82, 2.24) is 9.62 Å². The lowest BCUT2D eigenvalue weighted by molar-refractivity contribution is 0.0724. The zero-order chi connectivity index (χ0) is 21.9. The maximum atomic E-state index is 12.8. The molecule has 7 nitrogen and oxygen atoms in total. The van der Waals surface area contributed by atoms with Crippen LogP contribution in [-0.4, -0.2) is 45.3 Å². The molecule has 1 heterocycles. The minimum absolute atomic E-state index is 0.0422. The van der Waals surface area contributed by atoms with Gasteiger partial charge in [0.1, 0.15) is 0 Å². The molecular formula is C22H27N3O4S. The summed E-state index contributed by atoms with van der Waals surface area (Å²) < 4.78 is 26.9. The van der Waals surface area contributed by atoms with Crippen molar-refractivity contribution in [2.45, 2.75) is 38.0 Å². The second-order valence-corrected chi connectivity index (χ2v) is 9.37. The third-order valence-corrected chi connectivity index (χ3v) is 6.99. The maximum Gasteiger partial charge on any atom is 0.255 e. The Morgan fingerprint density at radius 3 is 2.33 bits per heavy atom. The van der Waals surface area contributed by atoms with Gasteiger partial charge >= 0.3 is 0 Å². The Morgan fingerprint density at radius 1 is 0.967 bits per heavy atom. The standard InChI is InChI=1S/C22H27N3O4S/c1-15-12-18(14-20(16(15)2)30(28,29)23-3)21(26)24-19-9-7-8-17(13-19)22(27)25-10-5-4-6-11-25/h7-9,12-14,23H,4-6,10-11H2,1-3H3,(H,24,26). The van der Waals surface area contributed by atoms with Crippen molar-refractivity contribution < 1.29 is 18.0 Å². The Kier molecular flexibility index (Phi) is 6.58. The molecule has 2 aromatic carbocycles. The Balaban J connectivity index is 1.84. The van der Waals surface area contributed by atoms with E-state index in [2.05, 4.69) is 10.0 Å². The van der Waals surface area contributed by atoms with Crippen LogP contribution >= 0.6 is 0 Å². The van der Waals surface area contributed by atoms with Crippen LogP contribution in [-0.2, 0) is 10.0 Å². The van der Waals surface area contributed by atoms with Crippen molar-refractivity contribution in [2.24, 2.45) is 0 Å². The number of carbonyl (C=O) groups is 2. The van der Waals surface area contributed by atoms with Crippen LogP contribution in [0, 0.1) is 13.8 Å². The number of rotatable bonds is 5. The van der Waals surface area contributed by atoms with Crippen LogP contribution in [0.15, 0.2) is 41.3 Å². The van der Waals surface area contributed by atoms with Crippen molar-refractivity contribution in [1.29, 1.82) is 0 Å². The van der Waals surface area contributed by atoms with E-state index in [1.807, 2.05) is 4.90 Å². The van der Waals surface area contributed by atoms with Gasteiger partial charge in [-0.15, -0.1) is 0 Å². The number of aryl methyl sites for hydroxylation is 1. The van der Waals surface area contributed by atoms with Gasteiger partial charge in [-0.3, -0.25) is 9.59 Å².